The van der Waals surface area contributed by atoms with Crippen LogP contribution in [-0.4, -0.2) is 16.1 Å². The lowest BCUT2D eigenvalue weighted by molar-refractivity contribution is -0.137. The standard InChI is InChI=1S/C22H23F3N4O/c1-4-15(3)30-19-8-6-5-7-18(19)28-20-17(22(23,24)25)13-26-21(29-20)27-16-11-9-14(2)10-12-16/h5-13,15H,4H2,1-3H3,(H2,26,27,28,29). The van der Waals surface area contributed by atoms with Crippen LogP contribution in [0, 0.1) is 6.92 Å². The molecule has 8 heteroatoms. The first-order chi connectivity index (χ1) is 14.3. The molecule has 1 atom stereocenters. The van der Waals surface area contributed by atoms with E-state index in [4.69, 9.17) is 4.74 Å². The fourth-order valence-electron chi connectivity index (χ4n) is 2.61. The number of para-hydroxylation sites is 2. The molecule has 1 aromatic heterocycles. The number of anilines is 4. The van der Waals surface area contributed by atoms with Crippen LogP contribution in [0.25, 0.3) is 0 Å². The zero-order valence-corrected chi connectivity index (χ0v) is 16.9. The van der Waals surface area contributed by atoms with Crippen LogP contribution in [0.3, 0.4) is 0 Å². The van der Waals surface area contributed by atoms with E-state index in [-0.39, 0.29) is 17.9 Å². The van der Waals surface area contributed by atoms with Gasteiger partial charge in [0.1, 0.15) is 17.1 Å². The van der Waals surface area contributed by atoms with Crippen molar-refractivity contribution in [2.75, 3.05) is 10.6 Å². The molecule has 1 heterocycles. The molecule has 3 aromatic rings. The molecule has 0 spiro atoms. The molecule has 1 unspecified atom stereocenters. The van der Waals surface area contributed by atoms with E-state index in [1.54, 1.807) is 36.4 Å². The number of aromatic nitrogens is 2. The van der Waals surface area contributed by atoms with E-state index in [1.165, 1.54) is 0 Å². The zero-order chi connectivity index (χ0) is 21.7. The predicted molar refractivity (Wildman–Crippen MR) is 112 cm³/mol. The van der Waals surface area contributed by atoms with Gasteiger partial charge >= 0.3 is 6.18 Å². The molecule has 0 aliphatic rings. The summed E-state index contributed by atoms with van der Waals surface area (Å²) in [5.41, 5.74) is 1.17. The Morgan fingerprint density at radius 1 is 1.03 bits per heavy atom. The van der Waals surface area contributed by atoms with Crippen LogP contribution >= 0.6 is 0 Å². The Morgan fingerprint density at radius 3 is 2.40 bits per heavy atom. The molecule has 0 fully saturated rings. The molecule has 158 valence electrons. The van der Waals surface area contributed by atoms with Gasteiger partial charge in [-0.2, -0.15) is 18.2 Å². The lowest BCUT2D eigenvalue weighted by atomic mass is 10.2. The maximum absolute atomic E-state index is 13.5. The lowest BCUT2D eigenvalue weighted by Crippen LogP contribution is -2.14. The molecular weight excluding hydrogens is 393 g/mol. The first-order valence-corrected chi connectivity index (χ1v) is 9.57. The Morgan fingerprint density at radius 2 is 1.73 bits per heavy atom. The van der Waals surface area contributed by atoms with Gasteiger partial charge in [0.2, 0.25) is 5.95 Å². The molecule has 2 N–H and O–H groups in total. The fraction of sp³-hybridized carbons (Fsp3) is 0.273. The van der Waals surface area contributed by atoms with Gasteiger partial charge in [0.05, 0.1) is 11.8 Å². The zero-order valence-electron chi connectivity index (χ0n) is 16.9. The topological polar surface area (TPSA) is 59.1 Å². The van der Waals surface area contributed by atoms with E-state index in [2.05, 4.69) is 20.6 Å². The van der Waals surface area contributed by atoms with Crippen LogP contribution in [0.15, 0.2) is 54.7 Å². The summed E-state index contributed by atoms with van der Waals surface area (Å²) >= 11 is 0. The van der Waals surface area contributed by atoms with Gasteiger partial charge in [0.15, 0.2) is 0 Å². The summed E-state index contributed by atoms with van der Waals surface area (Å²) in [7, 11) is 0. The normalized spacial score (nSPS) is 12.3. The van der Waals surface area contributed by atoms with Crippen LogP contribution in [0.1, 0.15) is 31.4 Å². The molecule has 0 amide bonds. The molecule has 2 aromatic carbocycles. The van der Waals surface area contributed by atoms with Crippen molar-refractivity contribution in [1.82, 2.24) is 9.97 Å². The predicted octanol–water partition coefficient (Wildman–Crippen LogP) is 6.47. The third-order valence-electron chi connectivity index (χ3n) is 4.45. The van der Waals surface area contributed by atoms with E-state index >= 15 is 0 Å². The highest BCUT2D eigenvalue weighted by atomic mass is 19.4. The first kappa shape index (κ1) is 21.4. The van der Waals surface area contributed by atoms with Crippen molar-refractivity contribution < 1.29 is 17.9 Å². The second-order valence-corrected chi connectivity index (χ2v) is 6.90. The highest BCUT2D eigenvalue weighted by molar-refractivity contribution is 5.67. The Bertz CT molecular complexity index is 990. The van der Waals surface area contributed by atoms with Crippen molar-refractivity contribution in [3.05, 3.63) is 65.9 Å². The van der Waals surface area contributed by atoms with Gasteiger partial charge < -0.3 is 15.4 Å². The average Bonchev–Trinajstić information content (AvgIpc) is 2.70. The van der Waals surface area contributed by atoms with Crippen molar-refractivity contribution in [2.45, 2.75) is 39.5 Å². The van der Waals surface area contributed by atoms with E-state index in [1.807, 2.05) is 32.9 Å². The number of hydrogen-bond acceptors (Lipinski definition) is 5. The Hall–Kier alpha value is -3.29. The summed E-state index contributed by atoms with van der Waals surface area (Å²) in [5.74, 6) is 0.147. The van der Waals surface area contributed by atoms with Crippen molar-refractivity contribution in [3.63, 3.8) is 0 Å². The van der Waals surface area contributed by atoms with Crippen molar-refractivity contribution in [3.8, 4) is 5.75 Å². The molecule has 3 rings (SSSR count). The summed E-state index contributed by atoms with van der Waals surface area (Å²) < 4.78 is 46.5. The van der Waals surface area contributed by atoms with Crippen molar-refractivity contribution in [1.29, 1.82) is 0 Å². The highest BCUT2D eigenvalue weighted by Crippen LogP contribution is 2.37. The smallest absolute Gasteiger partial charge is 0.421 e. The van der Waals surface area contributed by atoms with Crippen LogP contribution in [0.5, 0.6) is 5.75 Å². The number of nitrogens with zero attached hydrogens (tertiary/aromatic N) is 2. The molecule has 0 saturated heterocycles. The van der Waals surface area contributed by atoms with Crippen LogP contribution in [0.2, 0.25) is 0 Å². The molecule has 0 radical (unpaired) electrons. The first-order valence-electron chi connectivity index (χ1n) is 9.57. The van der Waals surface area contributed by atoms with Crippen LogP contribution in [-0.2, 0) is 6.18 Å². The Kier molecular flexibility index (Phi) is 6.44. The maximum atomic E-state index is 13.5. The van der Waals surface area contributed by atoms with E-state index in [0.717, 1.165) is 18.2 Å². The summed E-state index contributed by atoms with van der Waals surface area (Å²) in [4.78, 5) is 7.92. The molecule has 0 bridgehead atoms. The number of ether oxygens (including phenoxy) is 1. The molecule has 0 aliphatic carbocycles. The Labute approximate surface area is 173 Å². The summed E-state index contributed by atoms with van der Waals surface area (Å²) in [6.45, 7) is 5.81. The number of nitrogens with one attached hydrogen (secondary N) is 2. The van der Waals surface area contributed by atoms with Gasteiger partial charge in [-0.25, -0.2) is 4.98 Å². The van der Waals surface area contributed by atoms with E-state index in [0.29, 0.717) is 17.1 Å². The molecule has 30 heavy (non-hydrogen) atoms. The number of rotatable bonds is 7. The van der Waals surface area contributed by atoms with Gasteiger partial charge in [-0.05, 0) is 44.5 Å². The Balaban J connectivity index is 1.95. The van der Waals surface area contributed by atoms with Gasteiger partial charge in [-0.15, -0.1) is 0 Å². The summed E-state index contributed by atoms with van der Waals surface area (Å²) in [6, 6.07) is 14.2. The van der Waals surface area contributed by atoms with Gasteiger partial charge in [-0.3, -0.25) is 0 Å². The molecule has 0 aliphatic heterocycles. The SMILES string of the molecule is CCC(C)Oc1ccccc1Nc1nc(Nc2ccc(C)cc2)ncc1C(F)(F)F. The number of benzene rings is 2. The van der Waals surface area contributed by atoms with E-state index in [9.17, 15) is 13.2 Å². The second kappa shape index (κ2) is 9.02. The largest absolute Gasteiger partial charge is 0.489 e. The molecular formula is C22H23F3N4O. The fourth-order valence-corrected chi connectivity index (χ4v) is 2.61. The van der Waals surface area contributed by atoms with Gasteiger partial charge in [0.25, 0.3) is 0 Å². The van der Waals surface area contributed by atoms with Gasteiger partial charge in [0, 0.05) is 11.9 Å². The number of halogens is 3. The van der Waals surface area contributed by atoms with Crippen LogP contribution < -0.4 is 15.4 Å². The number of hydrogen-bond donors (Lipinski definition) is 2. The highest BCUT2D eigenvalue weighted by Gasteiger charge is 2.35. The minimum absolute atomic E-state index is 0.0506. The summed E-state index contributed by atoms with van der Waals surface area (Å²) in [6.07, 6.45) is -3.17. The quantitative estimate of drug-likeness (QED) is 0.462. The van der Waals surface area contributed by atoms with Crippen molar-refractivity contribution in [2.24, 2.45) is 0 Å². The lowest BCUT2D eigenvalue weighted by Gasteiger charge is -2.19. The maximum Gasteiger partial charge on any atom is 0.421 e. The van der Waals surface area contributed by atoms with Crippen molar-refractivity contribution >= 4 is 23.1 Å². The number of aryl methyl sites for hydroxylation is 1. The minimum atomic E-state index is -4.61. The molecule has 5 nitrogen and oxygen atoms in total. The monoisotopic (exact) mass is 416 g/mol. The third-order valence-corrected chi connectivity index (χ3v) is 4.45. The van der Waals surface area contributed by atoms with Gasteiger partial charge in [-0.1, -0.05) is 36.8 Å². The minimum Gasteiger partial charge on any atom is -0.489 e. The van der Waals surface area contributed by atoms with Crippen LogP contribution in [0.4, 0.5) is 36.3 Å². The molecule has 0 saturated carbocycles. The van der Waals surface area contributed by atoms with E-state index < -0.39 is 11.7 Å². The average molecular weight is 416 g/mol. The third kappa shape index (κ3) is 5.40. The summed E-state index contributed by atoms with van der Waals surface area (Å²) in [5, 5.41) is 5.71. The number of alkyl halides is 3. The second-order valence-electron chi connectivity index (χ2n) is 6.90.